The molecule has 4 aliphatic heterocycles. The second kappa shape index (κ2) is 46.3. The van der Waals surface area contributed by atoms with Crippen molar-refractivity contribution in [2.75, 3.05) is 36.0 Å². The molecule has 4 heterocycles. The van der Waals surface area contributed by atoms with Crippen molar-refractivity contribution in [3.05, 3.63) is 376 Å². The van der Waals surface area contributed by atoms with E-state index >= 15 is 0 Å². The summed E-state index contributed by atoms with van der Waals surface area (Å²) >= 11 is 31.7. The summed E-state index contributed by atoms with van der Waals surface area (Å²) in [5.41, 5.74) is 26.0. The van der Waals surface area contributed by atoms with Gasteiger partial charge >= 0.3 is 37.6 Å². The van der Waals surface area contributed by atoms with Gasteiger partial charge in [0, 0.05) is 116 Å². The number of aryl methyl sites for hydroxylation is 4. The SMILES string of the molecule is CCN1/C(=C/C=C2\CCC(/C=C/C3=[N+](CC)c4ccc(C)cc4C3(C)C)=C2Cl)C(C)(C)c2cc(C)ccc21.CCN1/C(=C/C=C2\CCC(/C=C/C3=[N+](CC)c4ccc(C)cc4C3(C)C)=C2Oc2ccc([S+](c3ccc(Cl)cc3)c3ccc(Cl)cc3)cc2)C(C)(C)c2cc(C)ccc21.F.FP(F)(F)(F)F.F[P+](F)(F)F.Oc1ccc([S+](c2ccc(Cl)cc2)c2ccc(Cl)cc2)cc1.[B].[Cl-].[F-].[F-]. The molecule has 715 valence electrons. The Bertz CT molecular complexity index is 6060. The van der Waals surface area contributed by atoms with Crippen LogP contribution in [-0.4, -0.2) is 60.3 Å². The Kier molecular flexibility index (Phi) is 38.8. The molecule has 0 amide bonds. The van der Waals surface area contributed by atoms with Gasteiger partial charge in [0.1, 0.15) is 30.3 Å². The molecule has 0 saturated carbocycles. The summed E-state index contributed by atoms with van der Waals surface area (Å²) in [6, 6.07) is 75.4. The van der Waals surface area contributed by atoms with E-state index in [9.17, 15) is 42.9 Å². The number of anilines is 2. The maximum atomic E-state index is 9.84. The predicted octanol–water partition coefficient (Wildman–Crippen LogP) is 25.7. The van der Waals surface area contributed by atoms with Gasteiger partial charge in [0.15, 0.2) is 40.8 Å². The van der Waals surface area contributed by atoms with E-state index in [1.165, 1.54) is 127 Å². The van der Waals surface area contributed by atoms with E-state index in [2.05, 4.69) is 300 Å². The molecule has 0 fully saturated rings. The molecule has 6 aliphatic rings. The van der Waals surface area contributed by atoms with Crippen molar-refractivity contribution in [2.24, 2.45) is 0 Å². The molecule has 135 heavy (non-hydrogen) atoms. The molecular formula is C106H110BCl6F12N4O2P2S2+2. The van der Waals surface area contributed by atoms with Crippen LogP contribution in [0.2, 0.25) is 20.1 Å². The fourth-order valence-corrected chi connectivity index (χ4v) is 22.7. The van der Waals surface area contributed by atoms with E-state index in [1.54, 1.807) is 12.1 Å². The van der Waals surface area contributed by atoms with Crippen molar-refractivity contribution in [2.45, 2.75) is 187 Å². The van der Waals surface area contributed by atoms with Crippen LogP contribution in [0.25, 0.3) is 0 Å². The van der Waals surface area contributed by atoms with Gasteiger partial charge in [-0.05, 0) is 330 Å². The number of phenols is 1. The van der Waals surface area contributed by atoms with Crippen LogP contribution in [0.4, 0.5) is 65.2 Å². The smallest absolute Gasteiger partial charge is 0.755 e. The number of ether oxygens (including phenoxy) is 1. The summed E-state index contributed by atoms with van der Waals surface area (Å²) in [5.74, 6) is 2.02. The van der Waals surface area contributed by atoms with Crippen molar-refractivity contribution >= 4 is 139 Å². The third kappa shape index (κ3) is 27.0. The molecule has 0 spiro atoms. The van der Waals surface area contributed by atoms with Gasteiger partial charge in [0.2, 0.25) is 11.4 Å². The Balaban J connectivity index is 0.000000279. The molecule has 0 aromatic heterocycles. The fraction of sp³-hybridized carbons (Fsp3) is 0.264. The molecule has 6 nitrogen and oxygen atoms in total. The predicted molar refractivity (Wildman–Crippen MR) is 540 cm³/mol. The largest absolute Gasteiger partial charge is 1.00 e. The number of hydrogen-bond acceptors (Lipinski definition) is 4. The van der Waals surface area contributed by atoms with Crippen LogP contribution in [0.3, 0.4) is 0 Å². The number of benzene rings is 10. The van der Waals surface area contributed by atoms with E-state index in [4.69, 9.17) is 62.7 Å². The monoisotopic (exact) mass is 2050 g/mol. The number of fused-ring (bicyclic) bond motifs is 4. The minimum absolute atomic E-state index is 0. The van der Waals surface area contributed by atoms with E-state index in [0.717, 1.165) is 93.1 Å². The Labute approximate surface area is 827 Å². The summed E-state index contributed by atoms with van der Waals surface area (Å²) < 4.78 is 100. The third-order valence-electron chi connectivity index (χ3n) is 24.2. The second-order valence-corrected chi connectivity index (χ2v) is 42.9. The Morgan fingerprint density at radius 3 is 1.03 bits per heavy atom. The van der Waals surface area contributed by atoms with Crippen LogP contribution >= 0.6 is 74.7 Å². The topological polar surface area (TPSA) is 42.0 Å². The molecule has 2 aliphatic carbocycles. The van der Waals surface area contributed by atoms with Crippen LogP contribution in [0, 0.1) is 27.7 Å². The molecule has 0 unspecified atom stereocenters. The number of aromatic hydroxyl groups is 1. The zero-order chi connectivity index (χ0) is 94.5. The first kappa shape index (κ1) is 113. The molecule has 16 rings (SSSR count). The van der Waals surface area contributed by atoms with E-state index in [1.807, 2.05) is 84.9 Å². The Morgan fingerprint density at radius 2 is 0.696 bits per heavy atom. The fourth-order valence-electron chi connectivity index (χ4n) is 17.8. The van der Waals surface area contributed by atoms with Gasteiger partial charge in [-0.2, -0.15) is 9.15 Å². The van der Waals surface area contributed by atoms with Crippen LogP contribution < -0.4 is 36.4 Å². The quantitative estimate of drug-likeness (QED) is 0.0306. The van der Waals surface area contributed by atoms with Crippen molar-refractivity contribution < 1.29 is 83.3 Å². The maximum Gasteiger partial charge on any atom is 0.755 e. The number of allylic oxidation sites excluding steroid dienone is 15. The summed E-state index contributed by atoms with van der Waals surface area (Å²) in [6.07, 6.45) is 22.3. The van der Waals surface area contributed by atoms with Gasteiger partial charge in [-0.1, -0.05) is 163 Å². The number of rotatable bonds is 18. The summed E-state index contributed by atoms with van der Waals surface area (Å²) in [5, 5.41) is 13.3. The van der Waals surface area contributed by atoms with Crippen LogP contribution in [0.1, 0.15) is 153 Å². The molecular weight excluding hydrogens is 1940 g/mol. The van der Waals surface area contributed by atoms with Crippen molar-refractivity contribution in [1.82, 2.24) is 0 Å². The van der Waals surface area contributed by atoms with Gasteiger partial charge < -0.3 is 41.5 Å². The molecule has 0 bridgehead atoms. The number of hydrogen-bond donors (Lipinski definition) is 1. The number of halogens is 18. The zero-order valence-corrected chi connectivity index (χ0v) is 85.8. The van der Waals surface area contributed by atoms with E-state index in [0.29, 0.717) is 10.0 Å². The number of phenolic OH excluding ortho intramolecular Hbond substituents is 1. The van der Waals surface area contributed by atoms with E-state index in [-0.39, 0.29) is 84.1 Å². The van der Waals surface area contributed by atoms with Crippen LogP contribution in [-0.2, 0) is 43.4 Å². The van der Waals surface area contributed by atoms with Crippen molar-refractivity contribution in [3.63, 3.8) is 0 Å². The van der Waals surface area contributed by atoms with Gasteiger partial charge in [0.25, 0.3) is 0 Å². The average molecular weight is 2050 g/mol. The first-order valence-electron chi connectivity index (χ1n) is 43.1. The first-order chi connectivity index (χ1) is 61.2. The number of nitrogens with zero attached hydrogens (tertiary/aromatic N) is 4. The van der Waals surface area contributed by atoms with Crippen molar-refractivity contribution in [1.29, 1.82) is 0 Å². The van der Waals surface area contributed by atoms with Crippen molar-refractivity contribution in [3.8, 4) is 11.5 Å². The maximum absolute atomic E-state index is 9.84. The molecule has 0 saturated heterocycles. The van der Waals surface area contributed by atoms with Gasteiger partial charge in [-0.3, -0.25) is 4.70 Å². The first-order valence-corrected chi connectivity index (χ1v) is 50.5. The molecule has 10 aromatic rings. The summed E-state index contributed by atoms with van der Waals surface area (Å²) in [7, 11) is -15.6. The minimum atomic E-state index is -8.55. The molecule has 3 radical (unpaired) electrons. The third-order valence-corrected chi connectivity index (χ3v) is 30.2. The summed E-state index contributed by atoms with van der Waals surface area (Å²) in [6.45, 7) is 40.2. The van der Waals surface area contributed by atoms with Gasteiger partial charge in [0.05, 0.1) is 49.4 Å². The zero-order valence-electron chi connectivity index (χ0n) is 77.8. The normalized spacial score (nSPS) is 17.2. The molecule has 10 aromatic carbocycles. The second-order valence-electron chi connectivity index (χ2n) is 34.7. The van der Waals surface area contributed by atoms with Crippen LogP contribution in [0.15, 0.2) is 341 Å². The van der Waals surface area contributed by atoms with Gasteiger partial charge in [-0.15, -0.1) is 0 Å². The van der Waals surface area contributed by atoms with Crippen LogP contribution in [0.5, 0.6) is 11.5 Å². The summed E-state index contributed by atoms with van der Waals surface area (Å²) in [4.78, 5) is 12.0. The van der Waals surface area contributed by atoms with E-state index < -0.39 is 16.7 Å². The van der Waals surface area contributed by atoms with Gasteiger partial charge in [-0.25, -0.2) is 0 Å². The average Bonchev–Trinajstić information content (AvgIpc) is 1.60. The molecule has 0 atom stereocenters. The minimum Gasteiger partial charge on any atom is -1.00 e. The Hall–Kier alpha value is -8.82. The molecule has 1 N–H and O–H groups in total. The molecule has 29 heteroatoms. The Morgan fingerprint density at radius 1 is 0.407 bits per heavy atom. The standard InChI is InChI=1S/C53H54Cl2N2OS.C35H42ClN2.C18H12Cl2OS.B.ClH.F5P.F4P.3FH/c1-9-56-47-29-11-35(3)33-45(47)52(5,6)49(56)31-15-37-13-14-38(16-32-50-53(7,8)46-34-36(4)12-30-48(46)57(50)10-2)51(37)58-41-21-27-44(28-22-41)59(42-23-17-39(54)18-24-42)43-25-19-40(55)20-26-43;1-9-37-29-17-11-23(3)21-27(29)34(5,6)31(37)19-15-25-13-14-26(33(25)36)16-20-32-35(7,8)28-22-24(4)12-18-30(28)38(32)10-2;19-13-1-7-16(8-2-13)22(17-9-3-14(20)4-10-17)18-11-5-15(21)6-12-18;;;1-6(2,3,4)5;1-5(2,3)4;;;/h11-12,15-34H,9-10,13-14H2,1-8H3;11-12,15-22H,9-10,13-14H2,1-8H3;1-12H;;1H;;;3*1H/q+2;+1;;;;;+1;;;/p-2. The number of likely N-dealkylation sites (N-methyl/N-ethyl adjacent to an activating group) is 2.